The van der Waals surface area contributed by atoms with Gasteiger partial charge >= 0.3 is 11.9 Å². The first-order valence-electron chi connectivity index (χ1n) is 6.55. The Balaban J connectivity index is 2.92. The number of ether oxygens (including phenoxy) is 1. The predicted molar refractivity (Wildman–Crippen MR) is 71.6 cm³/mol. The molecule has 1 saturated heterocycles. The molecule has 0 radical (unpaired) electrons. The molecule has 1 atom stereocenters. The molecule has 0 amide bonds. The van der Waals surface area contributed by atoms with E-state index in [1.54, 1.807) is 0 Å². The maximum atomic E-state index is 12.1. The van der Waals surface area contributed by atoms with E-state index in [1.165, 1.54) is 0 Å². The summed E-state index contributed by atoms with van der Waals surface area (Å²) in [6, 6.07) is 0. The zero-order chi connectivity index (χ0) is 15.4. The molecule has 0 spiro atoms. The Labute approximate surface area is 118 Å². The largest absolute Gasteiger partial charge is 0.481 e. The van der Waals surface area contributed by atoms with E-state index in [0.29, 0.717) is 25.7 Å². The van der Waals surface area contributed by atoms with Gasteiger partial charge in [-0.25, -0.2) is 12.7 Å². The van der Waals surface area contributed by atoms with Gasteiger partial charge in [-0.3, -0.25) is 9.59 Å². The van der Waals surface area contributed by atoms with Crippen LogP contribution in [0.4, 0.5) is 0 Å². The third kappa shape index (κ3) is 3.69. The first-order valence-corrected chi connectivity index (χ1v) is 8.16. The highest BCUT2D eigenvalue weighted by Crippen LogP contribution is 2.36. The van der Waals surface area contributed by atoms with E-state index in [0.717, 1.165) is 11.4 Å². The topological polar surface area (TPSA) is 101 Å². The summed E-state index contributed by atoms with van der Waals surface area (Å²) in [4.78, 5) is 22.7. The lowest BCUT2D eigenvalue weighted by Gasteiger charge is -2.39. The summed E-state index contributed by atoms with van der Waals surface area (Å²) in [7, 11) is -2.70. The van der Waals surface area contributed by atoms with Crippen LogP contribution in [0.5, 0.6) is 0 Å². The number of carbonyl (C=O) groups excluding carboxylic acids is 1. The number of carboxylic acid groups (broad SMARTS) is 1. The minimum atomic E-state index is -3.82. The number of esters is 1. The van der Waals surface area contributed by atoms with Crippen LogP contribution in [0.3, 0.4) is 0 Å². The number of hydrogen-bond acceptors (Lipinski definition) is 5. The van der Waals surface area contributed by atoms with Crippen LogP contribution in [0, 0.1) is 5.41 Å². The van der Waals surface area contributed by atoms with Crippen molar-refractivity contribution in [3.05, 3.63) is 0 Å². The Kier molecular flexibility index (Phi) is 5.52. The summed E-state index contributed by atoms with van der Waals surface area (Å²) in [6.07, 6.45) is 2.02. The first kappa shape index (κ1) is 16.9. The summed E-state index contributed by atoms with van der Waals surface area (Å²) in [5.41, 5.74) is -1.05. The molecule has 1 heterocycles. The highest BCUT2D eigenvalue weighted by atomic mass is 32.2. The van der Waals surface area contributed by atoms with Gasteiger partial charge in [0.2, 0.25) is 10.0 Å². The normalized spacial score (nSPS) is 24.3. The summed E-state index contributed by atoms with van der Waals surface area (Å²) in [6.45, 7) is 2.04. The average Bonchev–Trinajstić information content (AvgIpc) is 2.38. The number of aliphatic carboxylic acids is 1. The van der Waals surface area contributed by atoms with Gasteiger partial charge in [-0.2, -0.15) is 0 Å². The van der Waals surface area contributed by atoms with Crippen molar-refractivity contribution in [1.29, 1.82) is 0 Å². The van der Waals surface area contributed by atoms with Crippen molar-refractivity contribution in [3.63, 3.8) is 0 Å². The van der Waals surface area contributed by atoms with Crippen LogP contribution in [0.25, 0.3) is 0 Å². The molecule has 0 bridgehead atoms. The van der Waals surface area contributed by atoms with E-state index in [9.17, 15) is 23.1 Å². The number of carbonyl (C=O) groups is 2. The second-order valence-corrected chi connectivity index (χ2v) is 7.07. The Bertz CT molecular complexity index is 470. The van der Waals surface area contributed by atoms with Crippen LogP contribution in [0.1, 0.15) is 32.6 Å². The number of carboxylic acids is 1. The number of nitrogens with zero attached hydrogens (tertiary/aromatic N) is 1. The van der Waals surface area contributed by atoms with Crippen molar-refractivity contribution in [2.45, 2.75) is 32.6 Å². The second-order valence-electron chi connectivity index (χ2n) is 5.10. The maximum absolute atomic E-state index is 12.1. The van der Waals surface area contributed by atoms with Gasteiger partial charge in [0.25, 0.3) is 0 Å². The molecule has 20 heavy (non-hydrogen) atoms. The van der Waals surface area contributed by atoms with Crippen LogP contribution < -0.4 is 0 Å². The highest BCUT2D eigenvalue weighted by molar-refractivity contribution is 7.89. The third-order valence-corrected chi connectivity index (χ3v) is 5.34. The monoisotopic (exact) mass is 307 g/mol. The lowest BCUT2D eigenvalue weighted by molar-refractivity contribution is -0.151. The minimum absolute atomic E-state index is 0.0739. The van der Waals surface area contributed by atoms with E-state index < -0.39 is 33.1 Å². The van der Waals surface area contributed by atoms with Crippen LogP contribution in [-0.4, -0.2) is 55.7 Å². The summed E-state index contributed by atoms with van der Waals surface area (Å²) in [5, 5.41) is 9.42. The fourth-order valence-corrected chi connectivity index (χ4v) is 4.04. The minimum Gasteiger partial charge on any atom is -0.481 e. The van der Waals surface area contributed by atoms with Crippen LogP contribution >= 0.6 is 0 Å². The van der Waals surface area contributed by atoms with Crippen molar-refractivity contribution in [1.82, 2.24) is 4.31 Å². The molecule has 8 heteroatoms. The SMILES string of the molecule is CCCC1(C(=O)O)CCCN(S(=O)(=O)CC(=O)OC)C1. The van der Waals surface area contributed by atoms with Crippen molar-refractivity contribution < 1.29 is 27.9 Å². The fraction of sp³-hybridized carbons (Fsp3) is 0.833. The molecule has 0 aromatic heterocycles. The molecule has 0 aromatic rings. The van der Waals surface area contributed by atoms with Gasteiger partial charge in [0, 0.05) is 13.1 Å². The van der Waals surface area contributed by atoms with Crippen LogP contribution in [-0.2, 0) is 24.3 Å². The van der Waals surface area contributed by atoms with Crippen LogP contribution in [0.15, 0.2) is 0 Å². The molecule has 0 aromatic carbocycles. The zero-order valence-electron chi connectivity index (χ0n) is 11.8. The smallest absolute Gasteiger partial charge is 0.322 e. The van der Waals surface area contributed by atoms with E-state index in [-0.39, 0.29) is 13.1 Å². The van der Waals surface area contributed by atoms with Gasteiger partial charge in [-0.15, -0.1) is 0 Å². The van der Waals surface area contributed by atoms with Gasteiger partial charge in [0.15, 0.2) is 5.75 Å². The highest BCUT2D eigenvalue weighted by Gasteiger charge is 2.44. The van der Waals surface area contributed by atoms with E-state index >= 15 is 0 Å². The van der Waals surface area contributed by atoms with Gasteiger partial charge in [-0.1, -0.05) is 13.3 Å². The number of sulfonamides is 1. The first-order chi connectivity index (χ1) is 9.27. The maximum Gasteiger partial charge on any atom is 0.322 e. The Hall–Kier alpha value is -1.15. The number of hydrogen-bond donors (Lipinski definition) is 1. The third-order valence-electron chi connectivity index (χ3n) is 3.65. The standard InChI is InChI=1S/C12H21NO6S/c1-3-5-12(11(15)16)6-4-7-13(9-12)20(17,18)8-10(14)19-2/h3-9H2,1-2H3,(H,15,16). The molecule has 1 aliphatic heterocycles. The molecule has 7 nitrogen and oxygen atoms in total. The molecule has 1 rings (SSSR count). The molecule has 116 valence electrons. The number of piperidine rings is 1. The van der Waals surface area contributed by atoms with Gasteiger partial charge in [-0.05, 0) is 19.3 Å². The average molecular weight is 307 g/mol. The van der Waals surface area contributed by atoms with Crippen molar-refractivity contribution >= 4 is 22.0 Å². The quantitative estimate of drug-likeness (QED) is 0.715. The Morgan fingerprint density at radius 3 is 2.55 bits per heavy atom. The molecule has 0 saturated carbocycles. The Morgan fingerprint density at radius 2 is 2.05 bits per heavy atom. The van der Waals surface area contributed by atoms with Gasteiger partial charge < -0.3 is 9.84 Å². The van der Waals surface area contributed by atoms with Crippen molar-refractivity contribution in [2.24, 2.45) is 5.41 Å². The fourth-order valence-electron chi connectivity index (χ4n) is 2.59. The van der Waals surface area contributed by atoms with Crippen molar-refractivity contribution in [2.75, 3.05) is 26.0 Å². The van der Waals surface area contributed by atoms with Gasteiger partial charge in [0.1, 0.15) is 0 Å². The number of methoxy groups -OCH3 is 1. The predicted octanol–water partition coefficient (Wildman–Crippen LogP) is 0.456. The lowest BCUT2D eigenvalue weighted by Crippen LogP contribution is -2.51. The van der Waals surface area contributed by atoms with E-state index in [4.69, 9.17) is 0 Å². The molecular weight excluding hydrogens is 286 g/mol. The molecule has 1 aliphatic rings. The van der Waals surface area contributed by atoms with Crippen LogP contribution in [0.2, 0.25) is 0 Å². The zero-order valence-corrected chi connectivity index (χ0v) is 12.6. The molecular formula is C12H21NO6S. The molecule has 1 N–H and O–H groups in total. The number of rotatable bonds is 6. The van der Waals surface area contributed by atoms with Gasteiger partial charge in [0.05, 0.1) is 12.5 Å². The Morgan fingerprint density at radius 1 is 1.40 bits per heavy atom. The summed E-state index contributed by atoms with van der Waals surface area (Å²) >= 11 is 0. The van der Waals surface area contributed by atoms with E-state index in [1.807, 2.05) is 6.92 Å². The molecule has 1 unspecified atom stereocenters. The second kappa shape index (κ2) is 6.53. The summed E-state index contributed by atoms with van der Waals surface area (Å²) in [5.74, 6) is -2.56. The molecule has 0 aliphatic carbocycles. The summed E-state index contributed by atoms with van der Waals surface area (Å²) < 4.78 is 29.7. The van der Waals surface area contributed by atoms with Crippen molar-refractivity contribution in [3.8, 4) is 0 Å². The lowest BCUT2D eigenvalue weighted by atomic mass is 9.77. The molecule has 1 fully saturated rings. The van der Waals surface area contributed by atoms with E-state index in [2.05, 4.69) is 4.74 Å².